The zero-order valence-corrected chi connectivity index (χ0v) is 10.3. The van der Waals surface area contributed by atoms with Gasteiger partial charge in [-0.05, 0) is 49.1 Å². The Morgan fingerprint density at radius 3 is 3.06 bits per heavy atom. The number of nitrogens with one attached hydrogen (secondary N) is 1. The van der Waals surface area contributed by atoms with Gasteiger partial charge in [-0.15, -0.1) is 0 Å². The third-order valence-corrected chi connectivity index (χ3v) is 4.54. The molecule has 1 N–H and O–H groups in total. The third kappa shape index (κ3) is 1.86. The van der Waals surface area contributed by atoms with Crippen molar-refractivity contribution >= 4 is 5.91 Å². The number of hydrogen-bond acceptors (Lipinski definition) is 1. The van der Waals surface area contributed by atoms with E-state index in [1.807, 2.05) is 0 Å². The second-order valence-corrected chi connectivity index (χ2v) is 5.76. The lowest BCUT2D eigenvalue weighted by Gasteiger charge is -2.33. The number of carbonyl (C=O) groups excluding carboxylic acids is 1. The van der Waals surface area contributed by atoms with Crippen LogP contribution >= 0.6 is 0 Å². The molecular formula is C15H19NO. The molecule has 1 saturated heterocycles. The summed E-state index contributed by atoms with van der Waals surface area (Å²) in [6.45, 7) is 3.05. The van der Waals surface area contributed by atoms with E-state index in [0.717, 1.165) is 25.8 Å². The summed E-state index contributed by atoms with van der Waals surface area (Å²) in [7, 11) is 0. The quantitative estimate of drug-likeness (QED) is 0.829. The predicted octanol–water partition coefficient (Wildman–Crippen LogP) is 2.45. The standard InChI is InChI=1S/C15H19NO/c1-11-4-2-3-5-12(11)8-15-7-6-13(9-15)14(17)16-10-15/h2-5,13H,6-10H2,1H3,(H,16,17). The molecule has 90 valence electrons. The largest absolute Gasteiger partial charge is 0.355 e. The zero-order chi connectivity index (χ0) is 11.9. The van der Waals surface area contributed by atoms with Gasteiger partial charge in [-0.25, -0.2) is 0 Å². The fourth-order valence-corrected chi connectivity index (χ4v) is 3.45. The van der Waals surface area contributed by atoms with Crippen LogP contribution in [0.25, 0.3) is 0 Å². The van der Waals surface area contributed by atoms with E-state index in [-0.39, 0.29) is 11.8 Å². The Morgan fingerprint density at radius 2 is 2.24 bits per heavy atom. The lowest BCUT2D eigenvalue weighted by atomic mass is 9.77. The predicted molar refractivity (Wildman–Crippen MR) is 67.7 cm³/mol. The molecule has 1 aliphatic heterocycles. The van der Waals surface area contributed by atoms with E-state index >= 15 is 0 Å². The molecule has 1 aromatic rings. The van der Waals surface area contributed by atoms with Crippen LogP contribution in [0.2, 0.25) is 0 Å². The SMILES string of the molecule is Cc1ccccc1CC12CCC(C1)C(=O)NC2. The fourth-order valence-electron chi connectivity index (χ4n) is 3.45. The monoisotopic (exact) mass is 229 g/mol. The summed E-state index contributed by atoms with van der Waals surface area (Å²) in [5.41, 5.74) is 3.16. The molecule has 2 atom stereocenters. The molecule has 1 heterocycles. The molecule has 0 spiro atoms. The first-order valence-electron chi connectivity index (χ1n) is 6.51. The van der Waals surface area contributed by atoms with Crippen LogP contribution in [0.1, 0.15) is 30.4 Å². The number of fused-ring (bicyclic) bond motifs is 2. The van der Waals surface area contributed by atoms with Gasteiger partial charge in [-0.3, -0.25) is 4.79 Å². The molecule has 2 aliphatic rings. The van der Waals surface area contributed by atoms with Gasteiger partial charge in [-0.2, -0.15) is 0 Å². The van der Waals surface area contributed by atoms with Crippen LogP contribution in [-0.2, 0) is 11.2 Å². The summed E-state index contributed by atoms with van der Waals surface area (Å²) in [4.78, 5) is 11.6. The van der Waals surface area contributed by atoms with Crippen LogP contribution in [-0.4, -0.2) is 12.5 Å². The summed E-state index contributed by atoms with van der Waals surface area (Å²) < 4.78 is 0. The fraction of sp³-hybridized carbons (Fsp3) is 0.533. The van der Waals surface area contributed by atoms with Crippen LogP contribution in [0.5, 0.6) is 0 Å². The summed E-state index contributed by atoms with van der Waals surface area (Å²) in [6, 6.07) is 8.62. The van der Waals surface area contributed by atoms with Crippen molar-refractivity contribution in [1.29, 1.82) is 0 Å². The summed E-state index contributed by atoms with van der Waals surface area (Å²) in [5.74, 6) is 0.565. The van der Waals surface area contributed by atoms with Gasteiger partial charge >= 0.3 is 0 Å². The molecule has 2 nitrogen and oxygen atoms in total. The van der Waals surface area contributed by atoms with Crippen molar-refractivity contribution in [2.45, 2.75) is 32.6 Å². The molecule has 17 heavy (non-hydrogen) atoms. The van der Waals surface area contributed by atoms with Crippen molar-refractivity contribution in [2.75, 3.05) is 6.54 Å². The number of carbonyl (C=O) groups is 1. The molecule has 2 fully saturated rings. The maximum Gasteiger partial charge on any atom is 0.223 e. The van der Waals surface area contributed by atoms with E-state index in [1.165, 1.54) is 17.5 Å². The van der Waals surface area contributed by atoms with Crippen molar-refractivity contribution in [2.24, 2.45) is 11.3 Å². The first-order valence-corrected chi connectivity index (χ1v) is 6.51. The molecule has 2 bridgehead atoms. The van der Waals surface area contributed by atoms with Gasteiger partial charge in [0.1, 0.15) is 0 Å². The Balaban J connectivity index is 1.82. The van der Waals surface area contributed by atoms with Crippen molar-refractivity contribution in [3.05, 3.63) is 35.4 Å². The first kappa shape index (κ1) is 10.8. The van der Waals surface area contributed by atoms with Gasteiger partial charge < -0.3 is 5.32 Å². The molecule has 1 amide bonds. The number of piperidine rings is 1. The number of benzene rings is 1. The van der Waals surface area contributed by atoms with Crippen LogP contribution in [0.4, 0.5) is 0 Å². The molecule has 3 rings (SSSR count). The lowest BCUT2D eigenvalue weighted by molar-refractivity contribution is -0.127. The van der Waals surface area contributed by atoms with Crippen molar-refractivity contribution in [3.8, 4) is 0 Å². The van der Waals surface area contributed by atoms with Crippen molar-refractivity contribution in [3.63, 3.8) is 0 Å². The Hall–Kier alpha value is -1.31. The van der Waals surface area contributed by atoms with Crippen LogP contribution in [0.3, 0.4) is 0 Å². The Labute approximate surface area is 102 Å². The second-order valence-electron chi connectivity index (χ2n) is 5.76. The molecule has 0 radical (unpaired) electrons. The number of hydrogen-bond donors (Lipinski definition) is 1. The topological polar surface area (TPSA) is 29.1 Å². The molecule has 1 aliphatic carbocycles. The number of rotatable bonds is 2. The van der Waals surface area contributed by atoms with Gasteiger partial charge in [0.2, 0.25) is 5.91 Å². The minimum atomic E-state index is 0.280. The summed E-state index contributed by atoms with van der Waals surface area (Å²) in [5, 5.41) is 3.09. The molecular weight excluding hydrogens is 210 g/mol. The van der Waals surface area contributed by atoms with E-state index in [9.17, 15) is 4.79 Å². The third-order valence-electron chi connectivity index (χ3n) is 4.54. The average Bonchev–Trinajstić information content (AvgIpc) is 2.68. The van der Waals surface area contributed by atoms with E-state index in [2.05, 4.69) is 36.5 Å². The molecule has 0 aromatic heterocycles. The van der Waals surface area contributed by atoms with Gasteiger partial charge in [0.05, 0.1) is 0 Å². The number of amides is 1. The normalized spacial score (nSPS) is 31.4. The van der Waals surface area contributed by atoms with Crippen LogP contribution in [0.15, 0.2) is 24.3 Å². The van der Waals surface area contributed by atoms with E-state index < -0.39 is 0 Å². The molecule has 2 heteroatoms. The average molecular weight is 229 g/mol. The van der Waals surface area contributed by atoms with Gasteiger partial charge in [0.25, 0.3) is 0 Å². The van der Waals surface area contributed by atoms with Gasteiger partial charge in [0.15, 0.2) is 0 Å². The Kier molecular flexibility index (Phi) is 2.46. The highest BCUT2D eigenvalue weighted by atomic mass is 16.2. The maximum absolute atomic E-state index is 11.6. The molecule has 1 aromatic carbocycles. The maximum atomic E-state index is 11.6. The van der Waals surface area contributed by atoms with Crippen molar-refractivity contribution in [1.82, 2.24) is 5.32 Å². The molecule has 1 saturated carbocycles. The van der Waals surface area contributed by atoms with E-state index in [4.69, 9.17) is 0 Å². The Morgan fingerprint density at radius 1 is 1.41 bits per heavy atom. The highest BCUT2D eigenvalue weighted by Crippen LogP contribution is 2.46. The van der Waals surface area contributed by atoms with Gasteiger partial charge in [0, 0.05) is 12.5 Å². The summed E-state index contributed by atoms with van der Waals surface area (Å²) >= 11 is 0. The highest BCUT2D eigenvalue weighted by molar-refractivity contribution is 5.80. The first-order chi connectivity index (χ1) is 8.19. The highest BCUT2D eigenvalue weighted by Gasteiger charge is 2.45. The minimum Gasteiger partial charge on any atom is -0.355 e. The van der Waals surface area contributed by atoms with Crippen LogP contribution in [0, 0.1) is 18.3 Å². The van der Waals surface area contributed by atoms with Crippen LogP contribution < -0.4 is 5.32 Å². The Bertz CT molecular complexity index is 454. The number of aryl methyl sites for hydroxylation is 1. The van der Waals surface area contributed by atoms with Crippen molar-refractivity contribution < 1.29 is 4.79 Å². The second kappa shape index (κ2) is 3.86. The van der Waals surface area contributed by atoms with E-state index in [1.54, 1.807) is 0 Å². The minimum absolute atomic E-state index is 0.280. The zero-order valence-electron chi connectivity index (χ0n) is 10.3. The lowest BCUT2D eigenvalue weighted by Crippen LogP contribution is -2.44. The molecule has 2 unspecified atom stereocenters. The van der Waals surface area contributed by atoms with Gasteiger partial charge in [-0.1, -0.05) is 24.3 Å². The van der Waals surface area contributed by atoms with E-state index in [0.29, 0.717) is 5.41 Å². The summed E-state index contributed by atoms with van der Waals surface area (Å²) in [6.07, 6.45) is 4.49. The smallest absolute Gasteiger partial charge is 0.223 e.